The number of hydrogen-bond acceptors (Lipinski definition) is 5. The molecule has 0 fully saturated rings. The molecular weight excluding hydrogens is 629 g/mol. The molecule has 1 amide bonds. The number of fused-ring (bicyclic) bond motifs is 1. The monoisotopic (exact) mass is 657 g/mol. The molecule has 1 aliphatic rings. The first-order chi connectivity index (χ1) is 21.7. The highest BCUT2D eigenvalue weighted by atomic mass is 35.5. The van der Waals surface area contributed by atoms with Crippen LogP contribution < -0.4 is 19.3 Å². The van der Waals surface area contributed by atoms with Crippen LogP contribution in [0.4, 0.5) is 17.1 Å². The number of ether oxygens (including phenoxy) is 1. The average Bonchev–Trinajstić information content (AvgIpc) is 3.05. The van der Waals surface area contributed by atoms with Crippen LogP contribution >= 0.6 is 23.2 Å². The first-order valence-electron chi connectivity index (χ1n) is 14.1. The topological polar surface area (TPSA) is 78.9 Å². The van der Waals surface area contributed by atoms with Crippen molar-refractivity contribution in [2.24, 2.45) is 0 Å². The molecule has 0 saturated heterocycles. The molecule has 1 N–H and O–H groups in total. The summed E-state index contributed by atoms with van der Waals surface area (Å²) in [6.45, 7) is 2.31. The average molecular weight is 659 g/mol. The highest BCUT2D eigenvalue weighted by Gasteiger charge is 2.41. The van der Waals surface area contributed by atoms with Gasteiger partial charge < -0.3 is 9.64 Å². The summed E-state index contributed by atoms with van der Waals surface area (Å²) in [6, 6.07) is 33.9. The zero-order chi connectivity index (χ0) is 31.7. The van der Waals surface area contributed by atoms with Crippen LogP contribution in [-0.4, -0.2) is 21.4 Å². The summed E-state index contributed by atoms with van der Waals surface area (Å²) in [6.07, 6.45) is -0.724. The van der Waals surface area contributed by atoms with Crippen LogP contribution in [0.1, 0.15) is 33.2 Å². The van der Waals surface area contributed by atoms with Gasteiger partial charge in [0.15, 0.2) is 0 Å². The minimum absolute atomic E-state index is 0.0382. The largest absolute Gasteiger partial charge is 0.497 e. The number of amides is 1. The first-order valence-corrected chi connectivity index (χ1v) is 16.4. The SMILES string of the molecule is COc1ccc(N2C(=O)c3cc(S(=O)(=O)Nc4ccc(C)cc4)ccc3N(Cc3ccccc3)[C@H]2c2cccc(Cl)c2Cl)cc1. The van der Waals surface area contributed by atoms with E-state index in [2.05, 4.69) is 4.72 Å². The molecule has 5 aromatic carbocycles. The summed E-state index contributed by atoms with van der Waals surface area (Å²) in [7, 11) is -2.45. The van der Waals surface area contributed by atoms with Crippen molar-refractivity contribution in [1.82, 2.24) is 0 Å². The van der Waals surface area contributed by atoms with Crippen LogP contribution in [0.5, 0.6) is 5.75 Å². The van der Waals surface area contributed by atoms with E-state index in [-0.39, 0.29) is 10.5 Å². The molecule has 0 aromatic heterocycles. The van der Waals surface area contributed by atoms with Crippen molar-refractivity contribution in [2.75, 3.05) is 21.6 Å². The van der Waals surface area contributed by atoms with Gasteiger partial charge in [0.05, 0.1) is 33.3 Å². The summed E-state index contributed by atoms with van der Waals surface area (Å²) in [5.74, 6) is 0.227. The molecule has 0 spiro atoms. The van der Waals surface area contributed by atoms with Gasteiger partial charge in [0, 0.05) is 23.5 Å². The predicted octanol–water partition coefficient (Wildman–Crippen LogP) is 8.48. The van der Waals surface area contributed by atoms with Crippen LogP contribution in [0.3, 0.4) is 0 Å². The summed E-state index contributed by atoms with van der Waals surface area (Å²) >= 11 is 13.4. The standard InChI is InChI=1S/C35H29Cl2N3O4S/c1-23-11-13-25(14-12-23)38-45(42,43)28-19-20-32-30(21-28)35(41)40(26-15-17-27(44-2)18-16-26)34(29-9-6-10-31(36)33(29)37)39(32)22-24-7-4-3-5-8-24/h3-21,34,38H,22H2,1-2H3/t34-/m1/s1. The fraction of sp³-hybridized carbons (Fsp3) is 0.114. The van der Waals surface area contributed by atoms with E-state index < -0.39 is 22.1 Å². The summed E-state index contributed by atoms with van der Waals surface area (Å²) < 4.78 is 35.1. The number of aryl methyl sites for hydroxylation is 1. The van der Waals surface area contributed by atoms with Gasteiger partial charge in [0.25, 0.3) is 15.9 Å². The number of benzene rings is 5. The molecule has 10 heteroatoms. The maximum absolute atomic E-state index is 14.6. The first kappa shape index (κ1) is 30.5. The fourth-order valence-electron chi connectivity index (χ4n) is 5.43. The number of nitrogens with zero attached hydrogens (tertiary/aromatic N) is 2. The third-order valence-electron chi connectivity index (χ3n) is 7.69. The number of carbonyl (C=O) groups excluding carboxylic acids is 1. The zero-order valence-corrected chi connectivity index (χ0v) is 26.8. The van der Waals surface area contributed by atoms with Crippen LogP contribution in [0.2, 0.25) is 10.0 Å². The molecule has 0 unspecified atom stereocenters. The minimum Gasteiger partial charge on any atom is -0.497 e. The lowest BCUT2D eigenvalue weighted by Gasteiger charge is -2.46. The van der Waals surface area contributed by atoms with E-state index in [1.807, 2.05) is 60.4 Å². The number of halogens is 2. The normalized spacial score (nSPS) is 14.7. The number of hydrogen-bond donors (Lipinski definition) is 1. The molecule has 0 bridgehead atoms. The zero-order valence-electron chi connectivity index (χ0n) is 24.4. The van der Waals surface area contributed by atoms with Crippen LogP contribution in [0.25, 0.3) is 0 Å². The lowest BCUT2D eigenvalue weighted by atomic mass is 9.99. The van der Waals surface area contributed by atoms with E-state index in [1.54, 1.807) is 66.6 Å². The third kappa shape index (κ3) is 6.09. The number of methoxy groups -OCH3 is 1. The van der Waals surface area contributed by atoms with Crippen LogP contribution in [0, 0.1) is 6.92 Å². The number of sulfonamides is 1. The van der Waals surface area contributed by atoms with Crippen molar-refractivity contribution in [3.8, 4) is 5.75 Å². The number of anilines is 3. The Morgan fingerprint density at radius 2 is 1.56 bits per heavy atom. The lowest BCUT2D eigenvalue weighted by Crippen LogP contribution is -2.49. The summed E-state index contributed by atoms with van der Waals surface area (Å²) in [5, 5.41) is 0.670. The van der Waals surface area contributed by atoms with Gasteiger partial charge in [0.1, 0.15) is 11.9 Å². The Balaban J connectivity index is 1.54. The van der Waals surface area contributed by atoms with Crippen LogP contribution in [0.15, 0.2) is 120 Å². The maximum atomic E-state index is 14.6. The van der Waals surface area contributed by atoms with E-state index in [9.17, 15) is 13.2 Å². The molecule has 0 radical (unpaired) electrons. The van der Waals surface area contributed by atoms with Crippen molar-refractivity contribution in [3.63, 3.8) is 0 Å². The van der Waals surface area contributed by atoms with Crippen molar-refractivity contribution in [2.45, 2.75) is 24.5 Å². The van der Waals surface area contributed by atoms with E-state index in [0.717, 1.165) is 11.1 Å². The fourth-order valence-corrected chi connectivity index (χ4v) is 6.92. The van der Waals surface area contributed by atoms with Crippen molar-refractivity contribution in [1.29, 1.82) is 0 Å². The second-order valence-electron chi connectivity index (χ2n) is 10.7. The number of carbonyl (C=O) groups is 1. The van der Waals surface area contributed by atoms with Crippen molar-refractivity contribution >= 4 is 56.2 Å². The van der Waals surface area contributed by atoms with Gasteiger partial charge in [-0.15, -0.1) is 0 Å². The Bertz CT molecular complexity index is 1970. The Morgan fingerprint density at radius 3 is 2.24 bits per heavy atom. The molecule has 5 aromatic rings. The molecule has 0 aliphatic carbocycles. The minimum atomic E-state index is -4.02. The van der Waals surface area contributed by atoms with E-state index >= 15 is 0 Å². The lowest BCUT2D eigenvalue weighted by molar-refractivity contribution is 0.0968. The second kappa shape index (κ2) is 12.5. The Morgan fingerprint density at radius 1 is 0.844 bits per heavy atom. The van der Waals surface area contributed by atoms with Gasteiger partial charge in [-0.25, -0.2) is 8.42 Å². The smallest absolute Gasteiger partial charge is 0.262 e. The number of rotatable bonds is 8. The van der Waals surface area contributed by atoms with Gasteiger partial charge in [0.2, 0.25) is 0 Å². The van der Waals surface area contributed by atoms with E-state index in [0.29, 0.717) is 45.0 Å². The Labute approximate surface area is 272 Å². The Kier molecular flexibility index (Phi) is 8.46. The van der Waals surface area contributed by atoms with Gasteiger partial charge in [-0.1, -0.05) is 83.4 Å². The molecule has 228 valence electrons. The van der Waals surface area contributed by atoms with Gasteiger partial charge in [-0.3, -0.25) is 14.4 Å². The summed E-state index contributed by atoms with van der Waals surface area (Å²) in [4.78, 5) is 18.2. The third-order valence-corrected chi connectivity index (χ3v) is 9.90. The maximum Gasteiger partial charge on any atom is 0.262 e. The molecule has 1 aliphatic heterocycles. The summed E-state index contributed by atoms with van der Waals surface area (Å²) in [5.41, 5.74) is 4.37. The van der Waals surface area contributed by atoms with Crippen molar-refractivity contribution < 1.29 is 17.9 Å². The predicted molar refractivity (Wildman–Crippen MR) is 180 cm³/mol. The van der Waals surface area contributed by atoms with Gasteiger partial charge >= 0.3 is 0 Å². The van der Waals surface area contributed by atoms with Gasteiger partial charge in [-0.05, 0) is 73.2 Å². The molecule has 1 atom stereocenters. The van der Waals surface area contributed by atoms with E-state index in [1.165, 1.54) is 12.1 Å². The molecule has 0 saturated carbocycles. The molecule has 7 nitrogen and oxygen atoms in total. The molecule has 6 rings (SSSR count). The molecular formula is C35H29Cl2N3O4S. The highest BCUT2D eigenvalue weighted by Crippen LogP contribution is 2.46. The van der Waals surface area contributed by atoms with Crippen molar-refractivity contribution in [3.05, 3.63) is 148 Å². The highest BCUT2D eigenvalue weighted by molar-refractivity contribution is 7.92. The van der Waals surface area contributed by atoms with Crippen LogP contribution in [-0.2, 0) is 16.6 Å². The second-order valence-corrected chi connectivity index (χ2v) is 13.1. The molecule has 45 heavy (non-hydrogen) atoms. The quantitative estimate of drug-likeness (QED) is 0.181. The number of nitrogens with one attached hydrogen (secondary N) is 1. The van der Waals surface area contributed by atoms with E-state index in [4.69, 9.17) is 27.9 Å². The van der Waals surface area contributed by atoms with Gasteiger partial charge in [-0.2, -0.15) is 0 Å². The Hall–Kier alpha value is -4.50. The molecule has 1 heterocycles.